The van der Waals surface area contributed by atoms with Gasteiger partial charge in [-0.1, -0.05) is 53.5 Å². The summed E-state index contributed by atoms with van der Waals surface area (Å²) in [5.74, 6) is -0.996. The molecular weight excluding hydrogens is 417 g/mol. The third kappa shape index (κ3) is 7.93. The summed E-state index contributed by atoms with van der Waals surface area (Å²) >= 11 is 12.2. The summed E-state index contributed by atoms with van der Waals surface area (Å²) < 4.78 is 10.8. The molecule has 0 saturated carbocycles. The lowest BCUT2D eigenvalue weighted by Crippen LogP contribution is -2.31. The van der Waals surface area contributed by atoms with E-state index in [9.17, 15) is 15.0 Å². The number of carboxylic acid groups (broad SMARTS) is 1. The molecule has 0 amide bonds. The van der Waals surface area contributed by atoms with Crippen LogP contribution < -0.4 is 5.32 Å². The van der Waals surface area contributed by atoms with Crippen LogP contribution in [0.4, 0.5) is 0 Å². The maximum absolute atomic E-state index is 11.4. The van der Waals surface area contributed by atoms with Gasteiger partial charge in [-0.15, -0.1) is 0 Å². The van der Waals surface area contributed by atoms with Crippen molar-refractivity contribution in [2.45, 2.75) is 52.0 Å². The molecule has 0 aromatic heterocycles. The molecule has 2 aromatic rings. The van der Waals surface area contributed by atoms with E-state index in [4.69, 9.17) is 32.7 Å². The molecule has 2 aromatic carbocycles. The van der Waals surface area contributed by atoms with E-state index in [1.807, 2.05) is 24.3 Å². The number of ether oxygens (including phenoxy) is 2. The fourth-order valence-electron chi connectivity index (χ4n) is 2.70. The molecule has 2 rings (SSSR count). The normalized spacial score (nSPS) is 13.4. The molecule has 6 nitrogen and oxygen atoms in total. The van der Waals surface area contributed by atoms with Crippen molar-refractivity contribution in [1.29, 1.82) is 0 Å². The second kappa shape index (κ2) is 11.5. The van der Waals surface area contributed by atoms with E-state index >= 15 is 0 Å². The van der Waals surface area contributed by atoms with Crippen LogP contribution in [0.1, 0.15) is 30.5 Å². The van der Waals surface area contributed by atoms with Crippen LogP contribution in [0.25, 0.3) is 0 Å². The average molecular weight is 442 g/mol. The number of aliphatic hydroxyl groups excluding tert-OH is 1. The number of benzene rings is 2. The zero-order valence-corrected chi connectivity index (χ0v) is 17.8. The molecule has 0 saturated heterocycles. The fourth-order valence-corrected chi connectivity index (χ4v) is 3.21. The Morgan fingerprint density at radius 2 is 1.72 bits per heavy atom. The Balaban J connectivity index is 1.89. The van der Waals surface area contributed by atoms with Crippen LogP contribution in [-0.2, 0) is 33.8 Å². The first kappa shape index (κ1) is 23.6. The highest BCUT2D eigenvalue weighted by Crippen LogP contribution is 2.25. The van der Waals surface area contributed by atoms with Crippen LogP contribution in [0.5, 0.6) is 0 Å². The van der Waals surface area contributed by atoms with Gasteiger partial charge in [0, 0.05) is 28.6 Å². The van der Waals surface area contributed by atoms with Crippen molar-refractivity contribution in [2.24, 2.45) is 0 Å². The minimum atomic E-state index is -1.22. The third-order valence-corrected chi connectivity index (χ3v) is 4.76. The first-order valence-electron chi connectivity index (χ1n) is 9.18. The lowest BCUT2D eigenvalue weighted by atomic mass is 10.0. The molecular formula is C21H25Cl2NO5. The van der Waals surface area contributed by atoms with Gasteiger partial charge in [0.25, 0.3) is 0 Å². The van der Waals surface area contributed by atoms with Crippen molar-refractivity contribution in [3.63, 3.8) is 0 Å². The predicted molar refractivity (Wildman–Crippen MR) is 112 cm³/mol. The summed E-state index contributed by atoms with van der Waals surface area (Å²) in [7, 11) is 0. The molecule has 29 heavy (non-hydrogen) atoms. The van der Waals surface area contributed by atoms with E-state index < -0.39 is 18.5 Å². The molecule has 2 atom stereocenters. The molecule has 0 bridgehead atoms. The van der Waals surface area contributed by atoms with Gasteiger partial charge in [-0.05, 0) is 37.1 Å². The minimum absolute atomic E-state index is 0.0551. The quantitative estimate of drug-likeness (QED) is 0.456. The highest BCUT2D eigenvalue weighted by atomic mass is 35.5. The Labute approximate surface area is 180 Å². The highest BCUT2D eigenvalue weighted by Gasteiger charge is 2.20. The van der Waals surface area contributed by atoms with E-state index in [-0.39, 0.29) is 19.1 Å². The summed E-state index contributed by atoms with van der Waals surface area (Å²) in [6.07, 6.45) is -2.06. The maximum atomic E-state index is 11.4. The minimum Gasteiger partial charge on any atom is -0.479 e. The number of hydrogen-bond donors (Lipinski definition) is 3. The fraction of sp³-hybridized carbons (Fsp3) is 0.381. The topological polar surface area (TPSA) is 88.0 Å². The van der Waals surface area contributed by atoms with Gasteiger partial charge in [0.15, 0.2) is 6.10 Å². The van der Waals surface area contributed by atoms with Gasteiger partial charge >= 0.3 is 5.97 Å². The first-order valence-corrected chi connectivity index (χ1v) is 9.94. The second-order valence-corrected chi connectivity index (χ2v) is 7.59. The lowest BCUT2D eigenvalue weighted by Gasteiger charge is -2.17. The van der Waals surface area contributed by atoms with Gasteiger partial charge in [0.1, 0.15) is 0 Å². The Morgan fingerprint density at radius 1 is 1.10 bits per heavy atom. The summed E-state index contributed by atoms with van der Waals surface area (Å²) in [6, 6.07) is 12.5. The molecule has 0 fully saturated rings. The SMILES string of the molecule is CC(C)OC(Cc1cccc(CNC(O)OCc2c(Cl)cccc2Cl)c1)C(=O)O. The van der Waals surface area contributed by atoms with Crippen LogP contribution in [0.3, 0.4) is 0 Å². The van der Waals surface area contributed by atoms with Crippen molar-refractivity contribution in [3.8, 4) is 0 Å². The highest BCUT2D eigenvalue weighted by molar-refractivity contribution is 6.35. The summed E-state index contributed by atoms with van der Waals surface area (Å²) in [6.45, 7) is 3.98. The van der Waals surface area contributed by atoms with E-state index in [0.29, 0.717) is 22.2 Å². The Morgan fingerprint density at radius 3 is 2.34 bits per heavy atom. The van der Waals surface area contributed by atoms with E-state index in [2.05, 4.69) is 5.32 Å². The molecule has 0 heterocycles. The van der Waals surface area contributed by atoms with Crippen molar-refractivity contribution in [3.05, 3.63) is 69.2 Å². The van der Waals surface area contributed by atoms with Crippen LogP contribution in [-0.4, -0.2) is 34.8 Å². The predicted octanol–water partition coefficient (Wildman–Crippen LogP) is 4.00. The Hall–Kier alpha value is -1.67. The molecule has 0 aliphatic carbocycles. The standard InChI is InChI=1S/C21H25Cl2NO5/c1-13(2)29-19(20(25)26)10-14-5-3-6-15(9-14)11-24-21(27)28-12-16-17(22)7-4-8-18(16)23/h3-9,13,19,21,24,27H,10-12H2,1-2H3,(H,25,26). The van der Waals surface area contributed by atoms with Crippen molar-refractivity contribution >= 4 is 29.2 Å². The number of aliphatic carboxylic acids is 1. The molecule has 0 radical (unpaired) electrons. The lowest BCUT2D eigenvalue weighted by molar-refractivity contribution is -0.153. The van der Waals surface area contributed by atoms with Gasteiger partial charge in [0.05, 0.1) is 12.7 Å². The number of halogens is 2. The van der Waals surface area contributed by atoms with Gasteiger partial charge < -0.3 is 19.7 Å². The Bertz CT molecular complexity index is 795. The smallest absolute Gasteiger partial charge is 0.333 e. The Kier molecular flexibility index (Phi) is 9.36. The zero-order valence-electron chi connectivity index (χ0n) is 16.3. The summed E-state index contributed by atoms with van der Waals surface area (Å²) in [4.78, 5) is 11.4. The number of nitrogens with one attached hydrogen (secondary N) is 1. The second-order valence-electron chi connectivity index (χ2n) is 6.78. The molecule has 3 N–H and O–H groups in total. The first-order chi connectivity index (χ1) is 13.8. The molecule has 8 heteroatoms. The zero-order chi connectivity index (χ0) is 21.4. The van der Waals surface area contributed by atoms with Crippen LogP contribution in [0.2, 0.25) is 10.0 Å². The summed E-state index contributed by atoms with van der Waals surface area (Å²) in [5, 5.41) is 23.1. The molecule has 0 aliphatic rings. The van der Waals surface area contributed by atoms with E-state index in [1.54, 1.807) is 32.0 Å². The van der Waals surface area contributed by atoms with Gasteiger partial charge in [-0.2, -0.15) is 0 Å². The molecule has 2 unspecified atom stereocenters. The van der Waals surface area contributed by atoms with Crippen LogP contribution >= 0.6 is 23.2 Å². The molecule has 0 aliphatic heterocycles. The number of rotatable bonds is 11. The van der Waals surface area contributed by atoms with Gasteiger partial charge in [-0.3, -0.25) is 5.32 Å². The third-order valence-electron chi connectivity index (χ3n) is 4.05. The van der Waals surface area contributed by atoms with E-state index in [0.717, 1.165) is 11.1 Å². The number of aliphatic hydroxyl groups is 1. The van der Waals surface area contributed by atoms with Crippen molar-refractivity contribution < 1.29 is 24.5 Å². The van der Waals surface area contributed by atoms with Crippen LogP contribution in [0, 0.1) is 0 Å². The summed E-state index contributed by atoms with van der Waals surface area (Å²) in [5.41, 5.74) is 2.30. The number of hydrogen-bond acceptors (Lipinski definition) is 5. The van der Waals surface area contributed by atoms with Gasteiger partial charge in [-0.25, -0.2) is 4.79 Å². The van der Waals surface area contributed by atoms with Crippen molar-refractivity contribution in [1.82, 2.24) is 5.32 Å². The average Bonchev–Trinajstić information content (AvgIpc) is 2.65. The molecule has 0 spiro atoms. The van der Waals surface area contributed by atoms with Crippen molar-refractivity contribution in [2.75, 3.05) is 0 Å². The molecule has 158 valence electrons. The van der Waals surface area contributed by atoms with Crippen LogP contribution in [0.15, 0.2) is 42.5 Å². The monoisotopic (exact) mass is 441 g/mol. The van der Waals surface area contributed by atoms with E-state index in [1.165, 1.54) is 0 Å². The van der Waals surface area contributed by atoms with Gasteiger partial charge in [0.2, 0.25) is 6.41 Å². The number of carboxylic acids is 1. The largest absolute Gasteiger partial charge is 0.479 e. The number of carbonyl (C=O) groups is 1. The maximum Gasteiger partial charge on any atom is 0.333 e.